The highest BCUT2D eigenvalue weighted by molar-refractivity contribution is 6.31. The second-order valence-electron chi connectivity index (χ2n) is 4.82. The van der Waals surface area contributed by atoms with E-state index >= 15 is 0 Å². The van der Waals surface area contributed by atoms with Gasteiger partial charge in [-0.1, -0.05) is 48.0 Å². The van der Waals surface area contributed by atoms with E-state index in [-0.39, 0.29) is 5.97 Å². The van der Waals surface area contributed by atoms with Gasteiger partial charge in [-0.2, -0.15) is 0 Å². The Morgan fingerprint density at radius 3 is 2.38 bits per heavy atom. The fourth-order valence-electron chi connectivity index (χ4n) is 2.18. The number of para-hydroxylation sites is 1. The minimum atomic E-state index is -1.05. The number of hydrogen-bond donors (Lipinski definition) is 1. The Hall–Kier alpha value is -2.00. The Morgan fingerprint density at radius 2 is 1.76 bits per heavy atom. The summed E-state index contributed by atoms with van der Waals surface area (Å²) in [7, 11) is 0. The van der Waals surface area contributed by atoms with E-state index in [2.05, 4.69) is 5.32 Å². The van der Waals surface area contributed by atoms with Gasteiger partial charge in [0.05, 0.1) is 6.61 Å². The maximum atomic E-state index is 12.5. The van der Waals surface area contributed by atoms with Crippen molar-refractivity contribution in [3.63, 3.8) is 0 Å². The third kappa shape index (κ3) is 3.37. The molecular formula is C17H18ClNO2. The van der Waals surface area contributed by atoms with Crippen molar-refractivity contribution in [1.82, 2.24) is 0 Å². The maximum Gasteiger partial charge on any atom is 0.336 e. The molecule has 0 saturated carbocycles. The largest absolute Gasteiger partial charge is 0.464 e. The first-order valence-corrected chi connectivity index (χ1v) is 7.21. The zero-order valence-electron chi connectivity index (χ0n) is 12.1. The van der Waals surface area contributed by atoms with Crippen molar-refractivity contribution in [2.45, 2.75) is 19.4 Å². The van der Waals surface area contributed by atoms with Gasteiger partial charge < -0.3 is 10.1 Å². The number of halogens is 1. The molecule has 0 aliphatic carbocycles. The van der Waals surface area contributed by atoms with Crippen LogP contribution in [0.25, 0.3) is 0 Å². The van der Waals surface area contributed by atoms with Gasteiger partial charge in [0.1, 0.15) is 0 Å². The first-order chi connectivity index (χ1) is 10.1. The van der Waals surface area contributed by atoms with E-state index in [0.29, 0.717) is 17.2 Å². The van der Waals surface area contributed by atoms with Gasteiger partial charge in [-0.25, -0.2) is 4.79 Å². The number of anilines is 1. The van der Waals surface area contributed by atoms with Crippen LogP contribution in [0.5, 0.6) is 0 Å². The van der Waals surface area contributed by atoms with Crippen molar-refractivity contribution in [2.75, 3.05) is 11.9 Å². The van der Waals surface area contributed by atoms with Crippen LogP contribution in [0.4, 0.5) is 5.69 Å². The molecule has 3 nitrogen and oxygen atoms in total. The predicted octanol–water partition coefficient (Wildman–Crippen LogP) is 4.23. The Balaban J connectivity index is 2.44. The molecule has 0 aromatic heterocycles. The van der Waals surface area contributed by atoms with Crippen LogP contribution in [-0.4, -0.2) is 12.6 Å². The van der Waals surface area contributed by atoms with Gasteiger partial charge in [-0.05, 0) is 32.0 Å². The van der Waals surface area contributed by atoms with Gasteiger partial charge in [-0.15, -0.1) is 0 Å². The molecule has 0 aliphatic rings. The second-order valence-corrected chi connectivity index (χ2v) is 5.22. The minimum absolute atomic E-state index is 0.315. The highest BCUT2D eigenvalue weighted by Crippen LogP contribution is 2.32. The summed E-state index contributed by atoms with van der Waals surface area (Å²) in [5, 5.41) is 3.76. The monoisotopic (exact) mass is 303 g/mol. The lowest BCUT2D eigenvalue weighted by Crippen LogP contribution is -2.42. The second kappa shape index (κ2) is 6.64. The van der Waals surface area contributed by atoms with E-state index in [1.165, 1.54) is 0 Å². The molecule has 2 aromatic rings. The molecule has 0 saturated heterocycles. The van der Waals surface area contributed by atoms with Crippen LogP contribution in [0.3, 0.4) is 0 Å². The van der Waals surface area contributed by atoms with E-state index < -0.39 is 5.54 Å². The molecule has 0 amide bonds. The molecule has 0 radical (unpaired) electrons. The fourth-order valence-corrected chi connectivity index (χ4v) is 2.51. The quantitative estimate of drug-likeness (QED) is 0.840. The third-order valence-corrected chi connectivity index (χ3v) is 3.59. The van der Waals surface area contributed by atoms with Crippen molar-refractivity contribution in [1.29, 1.82) is 0 Å². The number of carbonyl (C=O) groups excluding carboxylic acids is 1. The van der Waals surface area contributed by atoms with Crippen molar-refractivity contribution < 1.29 is 9.53 Å². The minimum Gasteiger partial charge on any atom is -0.464 e. The molecule has 110 valence electrons. The van der Waals surface area contributed by atoms with Crippen LogP contribution in [-0.2, 0) is 15.1 Å². The first kappa shape index (κ1) is 15.4. The lowest BCUT2D eigenvalue weighted by molar-refractivity contribution is -0.148. The van der Waals surface area contributed by atoms with Crippen molar-refractivity contribution in [3.05, 3.63) is 65.2 Å². The average Bonchev–Trinajstić information content (AvgIpc) is 2.48. The molecule has 0 fully saturated rings. The topological polar surface area (TPSA) is 38.3 Å². The normalized spacial score (nSPS) is 13.3. The van der Waals surface area contributed by atoms with E-state index in [4.69, 9.17) is 16.3 Å². The molecule has 0 heterocycles. The van der Waals surface area contributed by atoms with Crippen LogP contribution < -0.4 is 5.32 Å². The van der Waals surface area contributed by atoms with E-state index in [1.54, 1.807) is 19.9 Å². The lowest BCUT2D eigenvalue weighted by atomic mass is 9.91. The SMILES string of the molecule is CCOC(=O)C(C)(Nc1ccccc1)c1ccccc1Cl. The summed E-state index contributed by atoms with van der Waals surface area (Å²) in [6.45, 7) is 3.88. The molecule has 1 N–H and O–H groups in total. The third-order valence-electron chi connectivity index (χ3n) is 3.26. The van der Waals surface area contributed by atoms with Crippen molar-refractivity contribution >= 4 is 23.3 Å². The molecule has 0 spiro atoms. The van der Waals surface area contributed by atoms with Crippen LogP contribution >= 0.6 is 11.6 Å². The Bertz CT molecular complexity index is 615. The van der Waals surface area contributed by atoms with Crippen LogP contribution in [0.1, 0.15) is 19.4 Å². The average molecular weight is 304 g/mol. The predicted molar refractivity (Wildman–Crippen MR) is 85.5 cm³/mol. The van der Waals surface area contributed by atoms with E-state index in [1.807, 2.05) is 48.5 Å². The highest BCUT2D eigenvalue weighted by atomic mass is 35.5. The number of carbonyl (C=O) groups is 1. The summed E-state index contributed by atoms with van der Waals surface area (Å²) in [6.07, 6.45) is 0. The van der Waals surface area contributed by atoms with Crippen molar-refractivity contribution in [2.24, 2.45) is 0 Å². The highest BCUT2D eigenvalue weighted by Gasteiger charge is 2.38. The summed E-state index contributed by atoms with van der Waals surface area (Å²) < 4.78 is 5.23. The lowest BCUT2D eigenvalue weighted by Gasteiger charge is -2.30. The number of hydrogen-bond acceptors (Lipinski definition) is 3. The molecule has 0 aliphatic heterocycles. The number of esters is 1. The van der Waals surface area contributed by atoms with Crippen LogP contribution in [0.2, 0.25) is 5.02 Å². The Labute approximate surface area is 129 Å². The molecular weight excluding hydrogens is 286 g/mol. The molecule has 0 bridgehead atoms. The van der Waals surface area contributed by atoms with Gasteiger partial charge in [0.15, 0.2) is 5.54 Å². The first-order valence-electron chi connectivity index (χ1n) is 6.83. The zero-order chi connectivity index (χ0) is 15.3. The molecule has 21 heavy (non-hydrogen) atoms. The molecule has 1 unspecified atom stereocenters. The maximum absolute atomic E-state index is 12.5. The summed E-state index contributed by atoms with van der Waals surface area (Å²) in [6, 6.07) is 16.8. The smallest absolute Gasteiger partial charge is 0.336 e. The summed E-state index contributed by atoms with van der Waals surface area (Å²) in [5.74, 6) is -0.359. The summed E-state index contributed by atoms with van der Waals surface area (Å²) >= 11 is 6.27. The molecule has 4 heteroatoms. The molecule has 2 aromatic carbocycles. The Kier molecular flexibility index (Phi) is 4.86. The summed E-state index contributed by atoms with van der Waals surface area (Å²) in [4.78, 5) is 12.5. The zero-order valence-corrected chi connectivity index (χ0v) is 12.9. The number of benzene rings is 2. The molecule has 1 atom stereocenters. The van der Waals surface area contributed by atoms with Crippen LogP contribution in [0, 0.1) is 0 Å². The van der Waals surface area contributed by atoms with E-state index in [9.17, 15) is 4.79 Å². The van der Waals surface area contributed by atoms with Gasteiger partial charge in [0.25, 0.3) is 0 Å². The van der Waals surface area contributed by atoms with Crippen molar-refractivity contribution in [3.8, 4) is 0 Å². The van der Waals surface area contributed by atoms with Gasteiger partial charge >= 0.3 is 5.97 Å². The summed E-state index contributed by atoms with van der Waals surface area (Å²) in [5.41, 5.74) is 0.470. The Morgan fingerprint density at radius 1 is 1.14 bits per heavy atom. The van der Waals surface area contributed by atoms with E-state index in [0.717, 1.165) is 5.69 Å². The fraction of sp³-hybridized carbons (Fsp3) is 0.235. The number of rotatable bonds is 5. The number of nitrogens with one attached hydrogen (secondary N) is 1. The standard InChI is InChI=1S/C17H18ClNO2/c1-3-21-16(20)17(2,14-11-7-8-12-15(14)18)19-13-9-5-4-6-10-13/h4-12,19H,3H2,1-2H3. The van der Waals surface area contributed by atoms with Gasteiger partial charge in [-0.3, -0.25) is 0 Å². The molecule has 2 rings (SSSR count). The van der Waals surface area contributed by atoms with Gasteiger partial charge in [0, 0.05) is 16.3 Å². The number of ether oxygens (including phenoxy) is 1. The van der Waals surface area contributed by atoms with Crippen LogP contribution in [0.15, 0.2) is 54.6 Å². The van der Waals surface area contributed by atoms with Gasteiger partial charge in [0.2, 0.25) is 0 Å².